The number of hydrogen-bond donors (Lipinski definition) is 1. The molecule has 0 spiro atoms. The second-order valence-corrected chi connectivity index (χ2v) is 9.04. The SMILES string of the molecule is O=C(c1nc2ccccc2s1)C1CCN(C(=O)c2cc(-c3cccs3)[nH]n2)CC1. The highest BCUT2D eigenvalue weighted by molar-refractivity contribution is 7.20. The second kappa shape index (κ2) is 7.53. The van der Waals surface area contributed by atoms with E-state index in [4.69, 9.17) is 0 Å². The average Bonchev–Trinajstić information content (AvgIpc) is 3.52. The molecule has 0 atom stereocenters. The summed E-state index contributed by atoms with van der Waals surface area (Å²) in [5, 5.41) is 9.69. The summed E-state index contributed by atoms with van der Waals surface area (Å²) < 4.78 is 1.03. The van der Waals surface area contributed by atoms with Gasteiger partial charge >= 0.3 is 0 Å². The number of fused-ring (bicyclic) bond motifs is 1. The number of carbonyl (C=O) groups excluding carboxylic acids is 2. The molecule has 1 amide bonds. The third kappa shape index (κ3) is 3.49. The van der Waals surface area contributed by atoms with Crippen LogP contribution in [0, 0.1) is 5.92 Å². The van der Waals surface area contributed by atoms with Crippen molar-refractivity contribution in [1.29, 1.82) is 0 Å². The molecule has 146 valence electrons. The van der Waals surface area contributed by atoms with Crippen LogP contribution in [0.3, 0.4) is 0 Å². The maximum absolute atomic E-state index is 12.9. The number of rotatable bonds is 4. The zero-order valence-electron chi connectivity index (χ0n) is 15.5. The molecular weight excluding hydrogens is 404 g/mol. The van der Waals surface area contributed by atoms with Crippen molar-refractivity contribution < 1.29 is 9.59 Å². The summed E-state index contributed by atoms with van der Waals surface area (Å²) in [5.41, 5.74) is 2.14. The molecule has 0 radical (unpaired) electrons. The van der Waals surface area contributed by atoms with Gasteiger partial charge < -0.3 is 4.90 Å². The molecule has 0 saturated carbocycles. The molecule has 29 heavy (non-hydrogen) atoms. The number of thiazole rings is 1. The topological polar surface area (TPSA) is 79.0 Å². The summed E-state index contributed by atoms with van der Waals surface area (Å²) in [6.07, 6.45) is 1.31. The molecule has 0 bridgehead atoms. The average molecular weight is 423 g/mol. The van der Waals surface area contributed by atoms with E-state index in [1.165, 1.54) is 11.3 Å². The number of hydrogen-bond acceptors (Lipinski definition) is 6. The van der Waals surface area contributed by atoms with E-state index in [-0.39, 0.29) is 17.6 Å². The minimum Gasteiger partial charge on any atom is -0.337 e. The Kier molecular flexibility index (Phi) is 4.73. The maximum atomic E-state index is 12.9. The van der Waals surface area contributed by atoms with E-state index in [1.54, 1.807) is 22.3 Å². The highest BCUT2D eigenvalue weighted by atomic mass is 32.1. The van der Waals surface area contributed by atoms with Gasteiger partial charge in [-0.15, -0.1) is 22.7 Å². The second-order valence-electron chi connectivity index (χ2n) is 7.06. The Morgan fingerprint density at radius 2 is 1.93 bits per heavy atom. The molecule has 1 saturated heterocycles. The third-order valence-electron chi connectivity index (χ3n) is 5.24. The Balaban J connectivity index is 1.24. The number of H-pyrrole nitrogens is 1. The number of nitrogens with zero attached hydrogens (tertiary/aromatic N) is 3. The Bertz CT molecular complexity index is 1140. The largest absolute Gasteiger partial charge is 0.337 e. The molecule has 0 aliphatic carbocycles. The van der Waals surface area contributed by atoms with Crippen LogP contribution in [-0.4, -0.2) is 44.9 Å². The van der Waals surface area contributed by atoms with Gasteiger partial charge in [-0.25, -0.2) is 4.98 Å². The lowest BCUT2D eigenvalue weighted by Gasteiger charge is -2.30. The van der Waals surface area contributed by atoms with Crippen LogP contribution >= 0.6 is 22.7 Å². The normalized spacial score (nSPS) is 15.1. The van der Waals surface area contributed by atoms with Crippen LogP contribution < -0.4 is 0 Å². The summed E-state index contributed by atoms with van der Waals surface area (Å²) in [6.45, 7) is 1.11. The number of thiophene rings is 1. The first kappa shape index (κ1) is 18.2. The van der Waals surface area contributed by atoms with E-state index in [2.05, 4.69) is 15.2 Å². The number of aromatic amines is 1. The quantitative estimate of drug-likeness (QED) is 0.492. The molecule has 1 aliphatic heterocycles. The number of para-hydroxylation sites is 1. The molecular formula is C21H18N4O2S2. The fourth-order valence-corrected chi connectivity index (χ4v) is 5.33. The molecule has 0 unspecified atom stereocenters. The number of nitrogens with one attached hydrogen (secondary N) is 1. The number of aromatic nitrogens is 3. The minimum absolute atomic E-state index is 0.0829. The minimum atomic E-state index is -0.0880. The highest BCUT2D eigenvalue weighted by Gasteiger charge is 2.30. The summed E-state index contributed by atoms with van der Waals surface area (Å²) in [5.74, 6) is -0.0755. The van der Waals surface area contributed by atoms with Crippen LogP contribution in [0.25, 0.3) is 20.8 Å². The number of piperidine rings is 1. The van der Waals surface area contributed by atoms with E-state index in [1.807, 2.05) is 41.8 Å². The van der Waals surface area contributed by atoms with E-state index in [0.717, 1.165) is 20.8 Å². The van der Waals surface area contributed by atoms with E-state index >= 15 is 0 Å². The van der Waals surface area contributed by atoms with Gasteiger partial charge in [-0.2, -0.15) is 5.10 Å². The number of Topliss-reactive ketones (excluding diaryl/α,β-unsaturated/α-hetero) is 1. The van der Waals surface area contributed by atoms with E-state index in [9.17, 15) is 9.59 Å². The van der Waals surface area contributed by atoms with Crippen molar-refractivity contribution >= 4 is 44.6 Å². The molecule has 1 aliphatic rings. The molecule has 4 heterocycles. The van der Waals surface area contributed by atoms with Crippen LogP contribution in [0.15, 0.2) is 47.8 Å². The fraction of sp³-hybridized carbons (Fsp3) is 0.238. The number of benzene rings is 1. The van der Waals surface area contributed by atoms with E-state index in [0.29, 0.717) is 36.6 Å². The van der Waals surface area contributed by atoms with Crippen LogP contribution in [-0.2, 0) is 0 Å². The van der Waals surface area contributed by atoms with Crippen molar-refractivity contribution in [2.45, 2.75) is 12.8 Å². The first-order valence-electron chi connectivity index (χ1n) is 9.47. The maximum Gasteiger partial charge on any atom is 0.274 e. The van der Waals surface area contributed by atoms with Gasteiger partial charge in [0.05, 0.1) is 20.8 Å². The van der Waals surface area contributed by atoms with E-state index < -0.39 is 0 Å². The van der Waals surface area contributed by atoms with Crippen molar-refractivity contribution in [1.82, 2.24) is 20.1 Å². The van der Waals surface area contributed by atoms with Gasteiger partial charge in [0.2, 0.25) is 0 Å². The number of amides is 1. The van der Waals surface area contributed by atoms with Crippen LogP contribution in [0.1, 0.15) is 33.1 Å². The molecule has 8 heteroatoms. The highest BCUT2D eigenvalue weighted by Crippen LogP contribution is 2.28. The van der Waals surface area contributed by atoms with Crippen LogP contribution in [0.2, 0.25) is 0 Å². The van der Waals surface area contributed by atoms with Crippen LogP contribution in [0.5, 0.6) is 0 Å². The summed E-state index contributed by atoms with van der Waals surface area (Å²) in [6, 6.07) is 13.6. The molecule has 1 fully saturated rings. The van der Waals surface area contributed by atoms with Gasteiger partial charge in [0, 0.05) is 19.0 Å². The third-order valence-corrected chi connectivity index (χ3v) is 7.20. The molecule has 5 rings (SSSR count). The van der Waals surface area contributed by atoms with Crippen molar-refractivity contribution in [2.24, 2.45) is 5.92 Å². The molecule has 1 aromatic carbocycles. The Morgan fingerprint density at radius 3 is 2.69 bits per heavy atom. The summed E-state index contributed by atoms with van der Waals surface area (Å²) in [4.78, 5) is 33.0. The van der Waals surface area contributed by atoms with Gasteiger partial charge in [-0.05, 0) is 42.5 Å². The van der Waals surface area contributed by atoms with Gasteiger partial charge in [-0.1, -0.05) is 18.2 Å². The number of likely N-dealkylation sites (tertiary alicyclic amines) is 1. The Labute approximate surface area is 175 Å². The lowest BCUT2D eigenvalue weighted by Crippen LogP contribution is -2.40. The lowest BCUT2D eigenvalue weighted by molar-refractivity contribution is 0.0645. The van der Waals surface area contributed by atoms with Crippen molar-refractivity contribution in [3.8, 4) is 10.6 Å². The van der Waals surface area contributed by atoms with Crippen LogP contribution in [0.4, 0.5) is 0 Å². The monoisotopic (exact) mass is 422 g/mol. The first-order valence-corrected chi connectivity index (χ1v) is 11.2. The van der Waals surface area contributed by atoms with Crippen molar-refractivity contribution in [2.75, 3.05) is 13.1 Å². The first-order chi connectivity index (χ1) is 14.2. The number of ketones is 1. The van der Waals surface area contributed by atoms with Crippen molar-refractivity contribution in [3.63, 3.8) is 0 Å². The summed E-state index contributed by atoms with van der Waals surface area (Å²) >= 11 is 3.05. The predicted molar refractivity (Wildman–Crippen MR) is 114 cm³/mol. The zero-order valence-corrected chi connectivity index (χ0v) is 17.1. The standard InChI is InChI=1S/C21H18N4O2S2/c26-19(20-22-14-4-1-2-5-18(14)29-20)13-7-9-25(10-8-13)21(27)16-12-15(23-24-16)17-6-3-11-28-17/h1-6,11-13H,7-10H2,(H,23,24). The molecule has 1 N–H and O–H groups in total. The summed E-state index contributed by atoms with van der Waals surface area (Å²) in [7, 11) is 0. The van der Waals surface area contributed by atoms with Gasteiger partial charge in [0.15, 0.2) is 16.5 Å². The zero-order chi connectivity index (χ0) is 19.8. The Hall–Kier alpha value is -2.84. The fourth-order valence-electron chi connectivity index (χ4n) is 3.65. The molecule has 3 aromatic heterocycles. The number of carbonyl (C=O) groups is 2. The van der Waals surface area contributed by atoms with Gasteiger partial charge in [0.1, 0.15) is 0 Å². The lowest BCUT2D eigenvalue weighted by atomic mass is 9.92. The predicted octanol–water partition coefficient (Wildman–Crippen LogP) is 4.48. The van der Waals surface area contributed by atoms with Crippen molar-refractivity contribution in [3.05, 3.63) is 58.5 Å². The van der Waals surface area contributed by atoms with Gasteiger partial charge in [0.25, 0.3) is 5.91 Å². The molecule has 6 nitrogen and oxygen atoms in total. The smallest absolute Gasteiger partial charge is 0.274 e. The van der Waals surface area contributed by atoms with Gasteiger partial charge in [-0.3, -0.25) is 14.7 Å². The Morgan fingerprint density at radius 1 is 1.10 bits per heavy atom. The molecule has 4 aromatic rings.